The largest absolute Gasteiger partial charge is 0.416 e. The normalized spacial score (nSPS) is 13.5. The second-order valence-electron chi connectivity index (χ2n) is 3.84. The van der Waals surface area contributed by atoms with Crippen LogP contribution < -0.4 is 11.3 Å². The van der Waals surface area contributed by atoms with Crippen molar-refractivity contribution in [3.8, 4) is 0 Å². The summed E-state index contributed by atoms with van der Waals surface area (Å²) in [5.41, 5.74) is 2.25. The van der Waals surface area contributed by atoms with Crippen molar-refractivity contribution >= 4 is 43.2 Å². The number of pyridine rings is 1. The van der Waals surface area contributed by atoms with Crippen LogP contribution in [0.5, 0.6) is 0 Å². The van der Waals surface area contributed by atoms with Crippen molar-refractivity contribution in [2.45, 2.75) is 12.2 Å². The van der Waals surface area contributed by atoms with Gasteiger partial charge in [-0.1, -0.05) is 0 Å². The molecule has 1 unspecified atom stereocenters. The van der Waals surface area contributed by atoms with E-state index in [0.717, 1.165) is 16.0 Å². The topological polar surface area (TPSA) is 50.9 Å². The van der Waals surface area contributed by atoms with Gasteiger partial charge in [-0.05, 0) is 44.0 Å². The third-order valence-corrected chi connectivity index (χ3v) is 5.01. The molecule has 0 fully saturated rings. The molecule has 0 aliphatic carbocycles. The quantitative estimate of drug-likeness (QED) is 0.565. The van der Waals surface area contributed by atoms with E-state index in [1.807, 2.05) is 0 Å². The van der Waals surface area contributed by atoms with Crippen LogP contribution in [-0.4, -0.2) is 4.98 Å². The van der Waals surface area contributed by atoms with Crippen LogP contribution in [0.25, 0.3) is 0 Å². The van der Waals surface area contributed by atoms with Crippen LogP contribution in [0.2, 0.25) is 0 Å². The van der Waals surface area contributed by atoms with Gasteiger partial charge in [0.15, 0.2) is 0 Å². The van der Waals surface area contributed by atoms with E-state index in [1.165, 1.54) is 17.5 Å². The van der Waals surface area contributed by atoms with Gasteiger partial charge < -0.3 is 0 Å². The monoisotopic (exact) mass is 429 g/mol. The van der Waals surface area contributed by atoms with Gasteiger partial charge in [-0.25, -0.2) is 5.43 Å². The first-order chi connectivity index (χ1) is 9.34. The van der Waals surface area contributed by atoms with E-state index in [4.69, 9.17) is 5.84 Å². The Morgan fingerprint density at radius 1 is 1.30 bits per heavy atom. The fraction of sp³-hybridized carbons (Fsp3) is 0.182. The highest BCUT2D eigenvalue weighted by Crippen LogP contribution is 2.41. The molecule has 0 saturated heterocycles. The fourth-order valence-electron chi connectivity index (χ4n) is 1.79. The van der Waals surface area contributed by atoms with Crippen LogP contribution >= 0.6 is 43.2 Å². The standard InChI is InChI=1S/C11H8Br2F3N3S/c12-8-3-5(10(13)20-8)9(19-17)6-4-18-2-1-7(6)11(14,15)16/h1-4,9,19H,17H2. The van der Waals surface area contributed by atoms with Gasteiger partial charge in [-0.15, -0.1) is 11.3 Å². The molecule has 1 atom stereocenters. The van der Waals surface area contributed by atoms with Crippen molar-refractivity contribution in [2.24, 2.45) is 5.84 Å². The van der Waals surface area contributed by atoms with Crippen LogP contribution in [0, 0.1) is 0 Å². The van der Waals surface area contributed by atoms with Gasteiger partial charge >= 0.3 is 6.18 Å². The molecule has 9 heteroatoms. The third kappa shape index (κ3) is 3.22. The molecule has 3 nitrogen and oxygen atoms in total. The number of hydrazine groups is 1. The van der Waals surface area contributed by atoms with E-state index >= 15 is 0 Å². The highest BCUT2D eigenvalue weighted by atomic mass is 79.9. The number of rotatable bonds is 3. The number of thiophene rings is 1. The van der Waals surface area contributed by atoms with Gasteiger partial charge in [-0.3, -0.25) is 10.8 Å². The van der Waals surface area contributed by atoms with Crippen LogP contribution in [0.3, 0.4) is 0 Å². The number of aromatic nitrogens is 1. The molecule has 20 heavy (non-hydrogen) atoms. The molecule has 3 N–H and O–H groups in total. The van der Waals surface area contributed by atoms with E-state index in [0.29, 0.717) is 9.35 Å². The molecular weight excluding hydrogens is 423 g/mol. The number of alkyl halides is 3. The van der Waals surface area contributed by atoms with Crippen LogP contribution in [-0.2, 0) is 6.18 Å². The lowest BCUT2D eigenvalue weighted by Gasteiger charge is -2.20. The molecule has 2 rings (SSSR count). The molecule has 0 bridgehead atoms. The summed E-state index contributed by atoms with van der Waals surface area (Å²) in [5, 5.41) is 0. The zero-order chi connectivity index (χ0) is 14.9. The predicted octanol–water partition coefficient (Wildman–Crippen LogP) is 4.24. The average Bonchev–Trinajstić information content (AvgIpc) is 2.69. The molecule has 0 radical (unpaired) electrons. The lowest BCUT2D eigenvalue weighted by molar-refractivity contribution is -0.138. The number of nitrogens with two attached hydrogens (primary N) is 1. The van der Waals surface area contributed by atoms with Crippen LogP contribution in [0.1, 0.15) is 22.7 Å². The zero-order valence-electron chi connectivity index (χ0n) is 9.71. The van der Waals surface area contributed by atoms with E-state index in [2.05, 4.69) is 42.3 Å². The molecule has 2 heterocycles. The Hall–Kier alpha value is -0.480. The van der Waals surface area contributed by atoms with Crippen molar-refractivity contribution in [1.29, 1.82) is 0 Å². The minimum absolute atomic E-state index is 0.0199. The second kappa shape index (κ2) is 6.10. The van der Waals surface area contributed by atoms with Gasteiger partial charge in [0.2, 0.25) is 0 Å². The zero-order valence-corrected chi connectivity index (χ0v) is 13.7. The van der Waals surface area contributed by atoms with Gasteiger partial charge in [0.1, 0.15) is 0 Å². The van der Waals surface area contributed by atoms with Crippen LogP contribution in [0.4, 0.5) is 13.2 Å². The third-order valence-electron chi connectivity index (χ3n) is 2.63. The summed E-state index contributed by atoms with van der Waals surface area (Å²) >= 11 is 7.97. The number of nitrogens with one attached hydrogen (secondary N) is 1. The van der Waals surface area contributed by atoms with E-state index < -0.39 is 17.8 Å². The molecule has 0 spiro atoms. The summed E-state index contributed by atoms with van der Waals surface area (Å²) in [6, 6.07) is 1.85. The fourth-order valence-corrected chi connectivity index (χ4v) is 4.69. The van der Waals surface area contributed by atoms with Crippen molar-refractivity contribution in [1.82, 2.24) is 10.4 Å². The molecule has 0 amide bonds. The van der Waals surface area contributed by atoms with Crippen molar-refractivity contribution in [3.05, 3.63) is 48.8 Å². The van der Waals surface area contributed by atoms with Crippen molar-refractivity contribution in [2.75, 3.05) is 0 Å². The lowest BCUT2D eigenvalue weighted by atomic mass is 9.98. The summed E-state index contributed by atoms with van der Waals surface area (Å²) in [6.45, 7) is 0. The Bertz CT molecular complexity index is 615. The summed E-state index contributed by atoms with van der Waals surface area (Å²) in [5.74, 6) is 5.45. The number of hydrogen-bond donors (Lipinski definition) is 2. The summed E-state index contributed by atoms with van der Waals surface area (Å²) in [7, 11) is 0. The number of halogens is 5. The summed E-state index contributed by atoms with van der Waals surface area (Å²) in [6.07, 6.45) is -2.18. The molecule has 2 aromatic heterocycles. The Balaban J connectivity index is 2.56. The Morgan fingerprint density at radius 3 is 2.50 bits per heavy atom. The first-order valence-corrected chi connectivity index (χ1v) is 7.66. The van der Waals surface area contributed by atoms with Crippen LogP contribution in [0.15, 0.2) is 32.1 Å². The maximum atomic E-state index is 13.1. The highest BCUT2D eigenvalue weighted by molar-refractivity contribution is 9.12. The molecule has 0 saturated carbocycles. The minimum atomic E-state index is -4.47. The molecule has 2 aromatic rings. The second-order valence-corrected chi connectivity index (χ2v) is 7.59. The number of nitrogens with zero attached hydrogens (tertiary/aromatic N) is 1. The Kier molecular flexibility index (Phi) is 4.85. The maximum absolute atomic E-state index is 13.1. The maximum Gasteiger partial charge on any atom is 0.416 e. The van der Waals surface area contributed by atoms with Gasteiger partial charge in [-0.2, -0.15) is 13.2 Å². The molecule has 0 aromatic carbocycles. The summed E-state index contributed by atoms with van der Waals surface area (Å²) in [4.78, 5) is 3.77. The average molecular weight is 431 g/mol. The number of hydrogen-bond acceptors (Lipinski definition) is 4. The highest BCUT2D eigenvalue weighted by Gasteiger charge is 2.36. The van der Waals surface area contributed by atoms with Gasteiger partial charge in [0.05, 0.1) is 19.2 Å². The van der Waals surface area contributed by atoms with Crippen molar-refractivity contribution in [3.63, 3.8) is 0 Å². The predicted molar refractivity (Wildman–Crippen MR) is 78.1 cm³/mol. The molecule has 0 aliphatic heterocycles. The Labute approximate surface area is 133 Å². The minimum Gasteiger partial charge on any atom is -0.271 e. The van der Waals surface area contributed by atoms with Crippen molar-refractivity contribution < 1.29 is 13.2 Å². The molecule has 0 aliphatic rings. The summed E-state index contributed by atoms with van der Waals surface area (Å²) < 4.78 is 40.6. The van der Waals surface area contributed by atoms with Gasteiger partial charge in [0.25, 0.3) is 0 Å². The SMILES string of the molecule is NNC(c1cnccc1C(F)(F)F)c1cc(Br)sc1Br. The first-order valence-electron chi connectivity index (χ1n) is 5.26. The first kappa shape index (κ1) is 15.9. The lowest BCUT2D eigenvalue weighted by Crippen LogP contribution is -2.30. The van der Waals surface area contributed by atoms with E-state index in [-0.39, 0.29) is 5.56 Å². The molecular formula is C11H8Br2F3N3S. The Morgan fingerprint density at radius 2 is 2.00 bits per heavy atom. The van der Waals surface area contributed by atoms with Gasteiger partial charge in [0, 0.05) is 23.5 Å². The smallest absolute Gasteiger partial charge is 0.271 e. The van der Waals surface area contributed by atoms with E-state index in [9.17, 15) is 13.2 Å². The van der Waals surface area contributed by atoms with E-state index in [1.54, 1.807) is 6.07 Å². The molecule has 108 valence electrons.